The third-order valence-corrected chi connectivity index (χ3v) is 3.40. The Balaban J connectivity index is 2.07. The molecule has 1 amide bonds. The van der Waals surface area contributed by atoms with Crippen molar-refractivity contribution in [1.82, 2.24) is 0 Å². The number of nitrogens with one attached hydrogen (secondary N) is 1. The average molecular weight is 272 g/mol. The zero-order chi connectivity index (χ0) is 14.5. The molecular weight excluding hydrogens is 252 g/mol. The van der Waals surface area contributed by atoms with Crippen LogP contribution < -0.4 is 11.1 Å². The van der Waals surface area contributed by atoms with Crippen LogP contribution in [0, 0.1) is 24.7 Å². The molecule has 4 heteroatoms. The first kappa shape index (κ1) is 14.6. The predicted molar refractivity (Wildman–Crippen MR) is 79.3 cm³/mol. The predicted octanol–water partition coefficient (Wildman–Crippen LogP) is 1.67. The van der Waals surface area contributed by atoms with Gasteiger partial charge in [0.25, 0.3) is 0 Å². The Morgan fingerprint density at radius 2 is 2.35 bits per heavy atom. The van der Waals surface area contributed by atoms with E-state index in [1.165, 1.54) is 0 Å². The molecule has 0 saturated carbocycles. The van der Waals surface area contributed by atoms with Crippen molar-refractivity contribution in [2.45, 2.75) is 26.4 Å². The van der Waals surface area contributed by atoms with Gasteiger partial charge in [-0.15, -0.1) is 0 Å². The number of benzene rings is 1. The van der Waals surface area contributed by atoms with Crippen molar-refractivity contribution >= 4 is 11.6 Å². The molecule has 0 radical (unpaired) electrons. The fourth-order valence-electron chi connectivity index (χ4n) is 2.22. The summed E-state index contributed by atoms with van der Waals surface area (Å²) < 4.78 is 5.42. The topological polar surface area (TPSA) is 64.3 Å². The second kappa shape index (κ2) is 6.56. The Kier molecular flexibility index (Phi) is 4.78. The van der Waals surface area contributed by atoms with Gasteiger partial charge in [0, 0.05) is 11.3 Å². The van der Waals surface area contributed by atoms with Gasteiger partial charge in [-0.3, -0.25) is 4.79 Å². The van der Waals surface area contributed by atoms with Gasteiger partial charge < -0.3 is 15.8 Å². The van der Waals surface area contributed by atoms with Crippen LogP contribution in [0.1, 0.15) is 24.5 Å². The van der Waals surface area contributed by atoms with Crippen LogP contribution >= 0.6 is 0 Å². The lowest BCUT2D eigenvalue weighted by Gasteiger charge is -2.10. The van der Waals surface area contributed by atoms with Crippen LogP contribution in [0.15, 0.2) is 18.2 Å². The molecule has 20 heavy (non-hydrogen) atoms. The third kappa shape index (κ3) is 3.60. The third-order valence-electron chi connectivity index (χ3n) is 3.40. The van der Waals surface area contributed by atoms with Crippen LogP contribution in [0.4, 0.5) is 5.69 Å². The van der Waals surface area contributed by atoms with Crippen LogP contribution in [-0.2, 0) is 9.53 Å². The minimum absolute atomic E-state index is 0.0101. The Hall–Kier alpha value is -1.83. The average Bonchev–Trinajstić information content (AvgIpc) is 2.86. The van der Waals surface area contributed by atoms with Crippen LogP contribution in [0.5, 0.6) is 0 Å². The highest BCUT2D eigenvalue weighted by Crippen LogP contribution is 2.21. The summed E-state index contributed by atoms with van der Waals surface area (Å²) in [4.78, 5) is 12.1. The molecule has 4 nitrogen and oxygen atoms in total. The number of anilines is 1. The van der Waals surface area contributed by atoms with Crippen LogP contribution in [0.2, 0.25) is 0 Å². The quantitative estimate of drug-likeness (QED) is 0.805. The first-order valence-electron chi connectivity index (χ1n) is 6.82. The summed E-state index contributed by atoms with van der Waals surface area (Å²) in [5.41, 5.74) is 8.11. The number of carbonyl (C=O) groups excluding carboxylic acids is 1. The minimum atomic E-state index is -0.0649. The largest absolute Gasteiger partial charge is 0.378 e. The van der Waals surface area contributed by atoms with Gasteiger partial charge in [0.1, 0.15) is 0 Å². The smallest absolute Gasteiger partial charge is 0.229 e. The van der Waals surface area contributed by atoms with E-state index in [0.29, 0.717) is 13.2 Å². The van der Waals surface area contributed by atoms with Gasteiger partial charge in [0.15, 0.2) is 0 Å². The number of hydrogen-bond donors (Lipinski definition) is 2. The van der Waals surface area contributed by atoms with Crippen molar-refractivity contribution in [3.8, 4) is 11.8 Å². The normalized spacial score (nSPS) is 21.1. The molecule has 1 aliphatic rings. The molecule has 2 unspecified atom stereocenters. The first-order chi connectivity index (χ1) is 9.60. The van der Waals surface area contributed by atoms with E-state index in [0.717, 1.165) is 23.2 Å². The SMILES string of the molecule is Cc1ccc(NC(=O)C2COC(C)C2)cc1C#CCN. The molecule has 2 atom stereocenters. The molecule has 0 bridgehead atoms. The number of aryl methyl sites for hydroxylation is 1. The Bertz CT molecular complexity index is 557. The molecule has 0 aliphatic carbocycles. The number of nitrogens with two attached hydrogens (primary N) is 1. The van der Waals surface area contributed by atoms with Crippen LogP contribution in [0.3, 0.4) is 0 Å². The maximum Gasteiger partial charge on any atom is 0.229 e. The summed E-state index contributed by atoms with van der Waals surface area (Å²) in [6.45, 7) is 4.80. The van der Waals surface area contributed by atoms with Crippen molar-refractivity contribution in [3.05, 3.63) is 29.3 Å². The fraction of sp³-hybridized carbons (Fsp3) is 0.438. The van der Waals surface area contributed by atoms with Crippen molar-refractivity contribution in [2.24, 2.45) is 11.7 Å². The van der Waals surface area contributed by atoms with Gasteiger partial charge in [-0.2, -0.15) is 0 Å². The summed E-state index contributed by atoms with van der Waals surface area (Å²) in [5.74, 6) is 5.79. The fourth-order valence-corrected chi connectivity index (χ4v) is 2.22. The minimum Gasteiger partial charge on any atom is -0.378 e. The molecule has 1 heterocycles. The lowest BCUT2D eigenvalue weighted by molar-refractivity contribution is -0.119. The van der Waals surface area contributed by atoms with E-state index in [9.17, 15) is 4.79 Å². The molecule has 106 valence electrons. The highest BCUT2D eigenvalue weighted by atomic mass is 16.5. The zero-order valence-corrected chi connectivity index (χ0v) is 11.9. The standard InChI is InChI=1S/C16H20N2O2/c1-11-5-6-15(9-13(11)4-3-7-17)18-16(19)14-8-12(2)20-10-14/h5-6,9,12,14H,7-8,10,17H2,1-2H3,(H,18,19). The lowest BCUT2D eigenvalue weighted by atomic mass is 10.0. The van der Waals surface area contributed by atoms with Gasteiger partial charge in [0.2, 0.25) is 5.91 Å². The molecule has 3 N–H and O–H groups in total. The molecule has 1 saturated heterocycles. The van der Waals surface area contributed by atoms with Gasteiger partial charge in [0.05, 0.1) is 25.2 Å². The highest BCUT2D eigenvalue weighted by Gasteiger charge is 2.28. The lowest BCUT2D eigenvalue weighted by Crippen LogP contribution is -2.23. The number of hydrogen-bond acceptors (Lipinski definition) is 3. The van der Waals surface area contributed by atoms with E-state index in [1.54, 1.807) is 0 Å². The first-order valence-corrected chi connectivity index (χ1v) is 6.82. The van der Waals surface area contributed by atoms with Crippen LogP contribution in [0.25, 0.3) is 0 Å². The second-order valence-electron chi connectivity index (χ2n) is 5.10. The summed E-state index contributed by atoms with van der Waals surface area (Å²) in [6, 6.07) is 5.72. The van der Waals surface area contributed by atoms with Crippen molar-refractivity contribution in [2.75, 3.05) is 18.5 Å². The Morgan fingerprint density at radius 1 is 1.55 bits per heavy atom. The Labute approximate surface area is 119 Å². The number of rotatable bonds is 2. The van der Waals surface area contributed by atoms with Gasteiger partial charge >= 0.3 is 0 Å². The Morgan fingerprint density at radius 3 is 3.00 bits per heavy atom. The zero-order valence-electron chi connectivity index (χ0n) is 11.9. The molecular formula is C16H20N2O2. The van der Waals surface area contributed by atoms with Gasteiger partial charge in [-0.25, -0.2) is 0 Å². The monoisotopic (exact) mass is 272 g/mol. The second-order valence-corrected chi connectivity index (χ2v) is 5.10. The molecule has 2 rings (SSSR count). The molecule has 1 fully saturated rings. The molecule has 1 aromatic rings. The van der Waals surface area contributed by atoms with Crippen molar-refractivity contribution in [3.63, 3.8) is 0 Å². The van der Waals surface area contributed by atoms with Gasteiger partial charge in [-0.05, 0) is 38.0 Å². The summed E-state index contributed by atoms with van der Waals surface area (Å²) in [7, 11) is 0. The summed E-state index contributed by atoms with van der Waals surface area (Å²) >= 11 is 0. The van der Waals surface area contributed by atoms with Crippen molar-refractivity contribution in [1.29, 1.82) is 0 Å². The highest BCUT2D eigenvalue weighted by molar-refractivity contribution is 5.93. The van der Waals surface area contributed by atoms with Crippen LogP contribution in [-0.4, -0.2) is 25.2 Å². The van der Waals surface area contributed by atoms with E-state index in [-0.39, 0.29) is 17.9 Å². The summed E-state index contributed by atoms with van der Waals surface area (Å²) in [6.07, 6.45) is 0.937. The van der Waals surface area contributed by atoms with E-state index >= 15 is 0 Å². The van der Waals surface area contributed by atoms with E-state index in [2.05, 4.69) is 17.2 Å². The number of ether oxygens (including phenoxy) is 1. The maximum absolute atomic E-state index is 12.1. The van der Waals surface area contributed by atoms with E-state index in [4.69, 9.17) is 10.5 Å². The maximum atomic E-state index is 12.1. The molecule has 0 spiro atoms. The number of amides is 1. The van der Waals surface area contributed by atoms with Crippen molar-refractivity contribution < 1.29 is 9.53 Å². The summed E-state index contributed by atoms with van der Waals surface area (Å²) in [5, 5.41) is 2.93. The van der Waals surface area contributed by atoms with E-state index < -0.39 is 0 Å². The van der Waals surface area contributed by atoms with E-state index in [1.807, 2.05) is 32.0 Å². The van der Waals surface area contributed by atoms with Gasteiger partial charge in [-0.1, -0.05) is 17.9 Å². The molecule has 1 aliphatic heterocycles. The molecule has 1 aromatic carbocycles. The molecule has 0 aromatic heterocycles. The number of carbonyl (C=O) groups is 1.